The van der Waals surface area contributed by atoms with Crippen molar-refractivity contribution in [1.29, 1.82) is 0 Å². The van der Waals surface area contributed by atoms with Crippen LogP contribution in [0.15, 0.2) is 30.6 Å². The van der Waals surface area contributed by atoms with E-state index in [-0.39, 0.29) is 5.82 Å². The first-order valence-electron chi connectivity index (χ1n) is 8.96. The van der Waals surface area contributed by atoms with Gasteiger partial charge >= 0.3 is 0 Å². The summed E-state index contributed by atoms with van der Waals surface area (Å²) in [4.78, 5) is 17.0. The Balaban J connectivity index is 1.40. The number of hydrogen-bond donors (Lipinski definition) is 1. The van der Waals surface area contributed by atoms with Crippen molar-refractivity contribution >= 4 is 22.5 Å². The number of aromatic nitrogens is 3. The van der Waals surface area contributed by atoms with Gasteiger partial charge in [-0.2, -0.15) is 0 Å². The van der Waals surface area contributed by atoms with Gasteiger partial charge in [0.2, 0.25) is 0 Å². The Hall–Kier alpha value is -2.67. The Morgan fingerprint density at radius 1 is 1.00 bits per heavy atom. The lowest BCUT2D eigenvalue weighted by atomic mass is 10.0. The van der Waals surface area contributed by atoms with Gasteiger partial charge < -0.3 is 19.5 Å². The fourth-order valence-electron chi connectivity index (χ4n) is 3.82. The molecule has 2 aliphatic rings. The van der Waals surface area contributed by atoms with Gasteiger partial charge in [-0.3, -0.25) is 0 Å². The van der Waals surface area contributed by atoms with E-state index in [0.29, 0.717) is 6.54 Å². The summed E-state index contributed by atoms with van der Waals surface area (Å²) in [6.45, 7) is 4.74. The van der Waals surface area contributed by atoms with Gasteiger partial charge in [-0.15, -0.1) is 0 Å². The van der Waals surface area contributed by atoms with Crippen LogP contribution in [0, 0.1) is 5.82 Å². The minimum absolute atomic E-state index is 0.203. The highest BCUT2D eigenvalue weighted by atomic mass is 19.1. The summed E-state index contributed by atoms with van der Waals surface area (Å²) in [5.41, 5.74) is 3.34. The first-order chi connectivity index (χ1) is 12.8. The molecule has 5 rings (SSSR count). The summed E-state index contributed by atoms with van der Waals surface area (Å²) in [6.07, 6.45) is 4.56. The Bertz CT molecular complexity index is 933. The largest absolute Gasteiger partial charge is 0.378 e. The molecule has 3 aromatic rings. The second-order valence-electron chi connectivity index (χ2n) is 6.78. The first-order valence-corrected chi connectivity index (χ1v) is 8.96. The van der Waals surface area contributed by atoms with Crippen LogP contribution in [0.2, 0.25) is 0 Å². The minimum Gasteiger partial charge on any atom is -0.378 e. The van der Waals surface area contributed by atoms with Crippen LogP contribution in [0.3, 0.4) is 0 Å². The Labute approximate surface area is 150 Å². The molecule has 0 unspecified atom stereocenters. The molecule has 0 bridgehead atoms. The third-order valence-electron chi connectivity index (χ3n) is 5.22. The molecule has 0 saturated carbocycles. The molecule has 6 nitrogen and oxygen atoms in total. The number of anilines is 2. The van der Waals surface area contributed by atoms with Crippen LogP contribution in [-0.2, 0) is 17.7 Å². The molecule has 7 heteroatoms. The fourth-order valence-corrected chi connectivity index (χ4v) is 3.82. The maximum atomic E-state index is 13.7. The van der Waals surface area contributed by atoms with Crippen LogP contribution < -0.4 is 9.80 Å². The molecular weight excluding hydrogens is 333 g/mol. The summed E-state index contributed by atoms with van der Waals surface area (Å²) in [5.74, 6) is 1.55. The zero-order valence-electron chi connectivity index (χ0n) is 14.4. The van der Waals surface area contributed by atoms with Crippen molar-refractivity contribution < 1.29 is 9.13 Å². The number of nitrogens with one attached hydrogen (secondary N) is 1. The van der Waals surface area contributed by atoms with Gasteiger partial charge in [-0.05, 0) is 18.2 Å². The molecule has 26 heavy (non-hydrogen) atoms. The highest BCUT2D eigenvalue weighted by molar-refractivity contribution is 5.85. The lowest BCUT2D eigenvalue weighted by Gasteiger charge is -2.30. The normalized spacial score (nSPS) is 17.6. The van der Waals surface area contributed by atoms with Gasteiger partial charge in [0.1, 0.15) is 17.5 Å². The van der Waals surface area contributed by atoms with Gasteiger partial charge in [-0.1, -0.05) is 0 Å². The van der Waals surface area contributed by atoms with Gasteiger partial charge in [-0.25, -0.2) is 14.4 Å². The van der Waals surface area contributed by atoms with E-state index in [2.05, 4.69) is 24.8 Å². The smallest absolute Gasteiger partial charge is 0.147 e. The molecule has 0 atom stereocenters. The van der Waals surface area contributed by atoms with Crippen LogP contribution in [0.5, 0.6) is 0 Å². The Kier molecular flexibility index (Phi) is 3.74. The van der Waals surface area contributed by atoms with Gasteiger partial charge in [0.25, 0.3) is 0 Å². The van der Waals surface area contributed by atoms with Crippen LogP contribution in [0.1, 0.15) is 11.3 Å². The van der Waals surface area contributed by atoms with Gasteiger partial charge in [0, 0.05) is 54.8 Å². The summed E-state index contributed by atoms with van der Waals surface area (Å²) < 4.78 is 19.0. The van der Waals surface area contributed by atoms with E-state index in [1.165, 1.54) is 11.8 Å². The number of morpholine rings is 1. The van der Waals surface area contributed by atoms with Gasteiger partial charge in [0.15, 0.2) is 0 Å². The van der Waals surface area contributed by atoms with Crippen molar-refractivity contribution in [3.05, 3.63) is 47.7 Å². The Morgan fingerprint density at radius 2 is 1.77 bits per heavy atom. The van der Waals surface area contributed by atoms with E-state index in [9.17, 15) is 4.39 Å². The van der Waals surface area contributed by atoms with Crippen molar-refractivity contribution in [1.82, 2.24) is 15.0 Å². The summed E-state index contributed by atoms with van der Waals surface area (Å²) >= 11 is 0. The standard InChI is InChI=1S/C19H20FN5O/c20-13-1-2-16-14(9-13)15-12-25(4-3-17(15)23-16)19-11-21-18(10-22-19)24-5-7-26-8-6-24/h1-2,9-11,23H,3-8,12H2. The number of hydrogen-bond acceptors (Lipinski definition) is 5. The highest BCUT2D eigenvalue weighted by Crippen LogP contribution is 2.30. The van der Waals surface area contributed by atoms with E-state index in [0.717, 1.165) is 67.4 Å². The highest BCUT2D eigenvalue weighted by Gasteiger charge is 2.22. The number of fused-ring (bicyclic) bond motifs is 3. The number of benzene rings is 1. The molecule has 134 valence electrons. The molecular formula is C19H20FN5O. The predicted octanol–water partition coefficient (Wildman–Crippen LogP) is 2.50. The molecule has 1 N–H and O–H groups in total. The molecule has 1 fully saturated rings. The fraction of sp³-hybridized carbons (Fsp3) is 0.368. The molecule has 0 aliphatic carbocycles. The zero-order valence-corrected chi connectivity index (χ0v) is 14.4. The lowest BCUT2D eigenvalue weighted by molar-refractivity contribution is 0.122. The quantitative estimate of drug-likeness (QED) is 0.767. The number of rotatable bonds is 2. The maximum absolute atomic E-state index is 13.7. The third-order valence-corrected chi connectivity index (χ3v) is 5.22. The lowest BCUT2D eigenvalue weighted by Crippen LogP contribution is -2.37. The number of aromatic amines is 1. The van der Waals surface area contributed by atoms with E-state index < -0.39 is 0 Å². The first kappa shape index (κ1) is 15.6. The van der Waals surface area contributed by atoms with Crippen LogP contribution in [0.4, 0.5) is 16.0 Å². The number of halogens is 1. The second-order valence-corrected chi connectivity index (χ2v) is 6.78. The third kappa shape index (κ3) is 2.68. The molecule has 1 aromatic carbocycles. The molecule has 4 heterocycles. The average molecular weight is 353 g/mol. The topological polar surface area (TPSA) is 57.3 Å². The molecule has 0 amide bonds. The van der Waals surface area contributed by atoms with Crippen LogP contribution in [0.25, 0.3) is 10.9 Å². The molecule has 2 aliphatic heterocycles. The molecule has 2 aromatic heterocycles. The van der Waals surface area contributed by atoms with E-state index in [1.54, 1.807) is 6.07 Å². The van der Waals surface area contributed by atoms with Gasteiger partial charge in [0.05, 0.1) is 25.6 Å². The Morgan fingerprint density at radius 3 is 2.54 bits per heavy atom. The summed E-state index contributed by atoms with van der Waals surface area (Å²) in [5, 5.41) is 0.961. The molecule has 1 saturated heterocycles. The van der Waals surface area contributed by atoms with E-state index in [1.807, 2.05) is 18.5 Å². The van der Waals surface area contributed by atoms with Crippen LogP contribution >= 0.6 is 0 Å². The minimum atomic E-state index is -0.203. The number of H-pyrrole nitrogens is 1. The number of nitrogens with zero attached hydrogens (tertiary/aromatic N) is 4. The monoisotopic (exact) mass is 353 g/mol. The predicted molar refractivity (Wildman–Crippen MR) is 98.1 cm³/mol. The zero-order chi connectivity index (χ0) is 17.5. The maximum Gasteiger partial charge on any atom is 0.147 e. The average Bonchev–Trinajstić information content (AvgIpc) is 3.06. The molecule has 0 spiro atoms. The number of ether oxygens (including phenoxy) is 1. The van der Waals surface area contributed by atoms with E-state index in [4.69, 9.17) is 4.74 Å². The SMILES string of the molecule is Fc1ccc2[nH]c3c(c2c1)CN(c1cnc(N2CCOCC2)cn1)CC3. The van der Waals surface area contributed by atoms with E-state index >= 15 is 0 Å². The summed E-state index contributed by atoms with van der Waals surface area (Å²) in [6, 6.07) is 4.92. The van der Waals surface area contributed by atoms with Crippen molar-refractivity contribution in [3.8, 4) is 0 Å². The molecule has 0 radical (unpaired) electrons. The van der Waals surface area contributed by atoms with Crippen LogP contribution in [-0.4, -0.2) is 47.8 Å². The summed E-state index contributed by atoms with van der Waals surface area (Å²) in [7, 11) is 0. The van der Waals surface area contributed by atoms with Crippen molar-refractivity contribution in [2.24, 2.45) is 0 Å². The van der Waals surface area contributed by atoms with Crippen molar-refractivity contribution in [2.45, 2.75) is 13.0 Å². The van der Waals surface area contributed by atoms with Crippen molar-refractivity contribution in [3.63, 3.8) is 0 Å². The van der Waals surface area contributed by atoms with Crippen molar-refractivity contribution in [2.75, 3.05) is 42.6 Å². The second kappa shape index (κ2) is 6.25.